The van der Waals surface area contributed by atoms with Gasteiger partial charge in [0.25, 0.3) is 5.91 Å². The van der Waals surface area contributed by atoms with Crippen molar-refractivity contribution in [3.05, 3.63) is 32.8 Å². The Morgan fingerprint density at radius 2 is 2.37 bits per heavy atom. The Balaban J connectivity index is 2.96. The highest BCUT2D eigenvalue weighted by atomic mass is 35.5. The number of nitrogens with zero attached hydrogens (tertiary/aromatic N) is 3. The molecule has 0 aliphatic heterocycles. The van der Waals surface area contributed by atoms with E-state index in [0.717, 1.165) is 12.3 Å². The van der Waals surface area contributed by atoms with Crippen molar-refractivity contribution < 1.29 is 14.8 Å². The largest absolute Gasteiger partial charge is 0.502 e. The van der Waals surface area contributed by atoms with E-state index < -0.39 is 22.3 Å². The van der Waals surface area contributed by atoms with Gasteiger partial charge in [-0.1, -0.05) is 11.6 Å². The third-order valence-electron chi connectivity index (χ3n) is 1.91. The van der Waals surface area contributed by atoms with E-state index in [4.69, 9.17) is 16.9 Å². The van der Waals surface area contributed by atoms with E-state index in [-0.39, 0.29) is 17.0 Å². The number of hydrazone groups is 1. The van der Waals surface area contributed by atoms with E-state index >= 15 is 0 Å². The van der Waals surface area contributed by atoms with Crippen LogP contribution in [0, 0.1) is 21.4 Å². The number of carbonyl (C=O) groups is 1. The molecule has 0 aromatic heterocycles. The molecule has 1 aromatic carbocycles. The summed E-state index contributed by atoms with van der Waals surface area (Å²) in [6.45, 7) is 0. The third-order valence-corrected chi connectivity index (χ3v) is 2.13. The highest BCUT2D eigenvalue weighted by molar-refractivity contribution is 6.31. The molecule has 0 atom stereocenters. The lowest BCUT2D eigenvalue weighted by Crippen LogP contribution is -2.16. The smallest absolute Gasteiger partial charge is 0.312 e. The van der Waals surface area contributed by atoms with E-state index in [0.29, 0.717) is 0 Å². The Morgan fingerprint density at radius 1 is 1.68 bits per heavy atom. The Hall–Kier alpha value is -2.66. The van der Waals surface area contributed by atoms with E-state index in [1.54, 1.807) is 6.07 Å². The van der Waals surface area contributed by atoms with Gasteiger partial charge in [-0.15, -0.1) is 0 Å². The summed E-state index contributed by atoms with van der Waals surface area (Å²) in [7, 11) is 0. The summed E-state index contributed by atoms with van der Waals surface area (Å²) >= 11 is 5.65. The Kier molecular flexibility index (Phi) is 4.79. The van der Waals surface area contributed by atoms with E-state index in [1.165, 1.54) is 6.07 Å². The average molecular weight is 283 g/mol. The zero-order valence-electron chi connectivity index (χ0n) is 9.33. The molecular formula is C10H7ClN4O4. The lowest BCUT2D eigenvalue weighted by atomic mass is 10.2. The van der Waals surface area contributed by atoms with Gasteiger partial charge in [-0.25, -0.2) is 5.43 Å². The number of hydrogen-bond acceptors (Lipinski definition) is 6. The molecule has 0 bridgehead atoms. The molecule has 0 saturated carbocycles. The summed E-state index contributed by atoms with van der Waals surface area (Å²) in [5.74, 6) is -1.26. The predicted octanol–water partition coefficient (Wildman–Crippen LogP) is 1.32. The van der Waals surface area contributed by atoms with E-state index in [9.17, 15) is 20.0 Å². The van der Waals surface area contributed by atoms with Crippen LogP contribution in [0.5, 0.6) is 5.75 Å². The molecule has 0 saturated heterocycles. The lowest BCUT2D eigenvalue weighted by Gasteiger charge is -2.01. The van der Waals surface area contributed by atoms with Crippen LogP contribution in [0.15, 0.2) is 17.2 Å². The number of aromatic hydroxyl groups is 1. The second kappa shape index (κ2) is 6.32. The molecule has 98 valence electrons. The first-order chi connectivity index (χ1) is 8.95. The molecule has 9 heteroatoms. The van der Waals surface area contributed by atoms with Crippen molar-refractivity contribution in [3.8, 4) is 11.8 Å². The van der Waals surface area contributed by atoms with Crippen molar-refractivity contribution in [2.45, 2.75) is 6.42 Å². The molecule has 0 spiro atoms. The van der Waals surface area contributed by atoms with Gasteiger partial charge >= 0.3 is 5.69 Å². The van der Waals surface area contributed by atoms with Gasteiger partial charge in [-0.05, 0) is 6.07 Å². The number of phenolic OH excluding ortho intramolecular Hbond substituents is 1. The number of nitro benzene ring substituents is 1. The van der Waals surface area contributed by atoms with Crippen LogP contribution in [0.3, 0.4) is 0 Å². The van der Waals surface area contributed by atoms with Crippen molar-refractivity contribution in [1.82, 2.24) is 5.43 Å². The number of nitro groups is 1. The molecule has 0 aliphatic rings. The Labute approximate surface area is 112 Å². The summed E-state index contributed by atoms with van der Waals surface area (Å²) in [5, 5.41) is 31.9. The minimum atomic E-state index is -0.799. The number of halogens is 1. The fraction of sp³-hybridized carbons (Fsp3) is 0.100. The summed E-state index contributed by atoms with van der Waals surface area (Å²) in [6.07, 6.45) is 0.614. The quantitative estimate of drug-likeness (QED) is 0.489. The van der Waals surface area contributed by atoms with Gasteiger partial charge in [0, 0.05) is 16.7 Å². The second-order valence-electron chi connectivity index (χ2n) is 3.25. The standard InChI is InChI=1S/C10H7ClN4O4/c11-7-3-6(5-13-14-9(16)1-2-12)10(17)8(4-7)15(18)19/h3-5,17H,1H2,(H,14,16)/b13-5+. The zero-order chi connectivity index (χ0) is 14.4. The van der Waals surface area contributed by atoms with Crippen LogP contribution in [-0.4, -0.2) is 22.2 Å². The SMILES string of the molecule is N#CCC(=O)N/N=C/c1cc(Cl)cc([N+](=O)[O-])c1O. The van der Waals surface area contributed by atoms with Crippen molar-refractivity contribution >= 4 is 29.4 Å². The fourth-order valence-corrected chi connectivity index (χ4v) is 1.35. The summed E-state index contributed by atoms with van der Waals surface area (Å²) in [4.78, 5) is 20.7. The van der Waals surface area contributed by atoms with E-state index in [2.05, 4.69) is 5.10 Å². The Bertz CT molecular complexity index is 594. The minimum absolute atomic E-state index is 0.0311. The molecule has 0 heterocycles. The summed E-state index contributed by atoms with van der Waals surface area (Å²) < 4.78 is 0. The highest BCUT2D eigenvalue weighted by Gasteiger charge is 2.17. The molecule has 19 heavy (non-hydrogen) atoms. The van der Waals surface area contributed by atoms with Gasteiger partial charge < -0.3 is 5.11 Å². The predicted molar refractivity (Wildman–Crippen MR) is 65.7 cm³/mol. The van der Waals surface area contributed by atoms with Crippen LogP contribution >= 0.6 is 11.6 Å². The molecule has 0 aliphatic carbocycles. The number of phenols is 1. The first kappa shape index (κ1) is 14.4. The maximum Gasteiger partial charge on any atom is 0.312 e. The molecule has 0 fully saturated rings. The van der Waals surface area contributed by atoms with E-state index in [1.807, 2.05) is 5.43 Å². The molecule has 2 N–H and O–H groups in total. The first-order valence-electron chi connectivity index (χ1n) is 4.81. The van der Waals surface area contributed by atoms with Crippen LogP contribution in [0.4, 0.5) is 5.69 Å². The molecule has 1 rings (SSSR count). The monoisotopic (exact) mass is 282 g/mol. The number of nitrogens with one attached hydrogen (secondary N) is 1. The number of hydrogen-bond donors (Lipinski definition) is 2. The van der Waals surface area contributed by atoms with Crippen molar-refractivity contribution in [2.24, 2.45) is 5.10 Å². The fourth-order valence-electron chi connectivity index (χ4n) is 1.13. The average Bonchev–Trinajstić information content (AvgIpc) is 2.33. The van der Waals surface area contributed by atoms with Gasteiger partial charge in [-0.3, -0.25) is 14.9 Å². The maximum atomic E-state index is 10.9. The minimum Gasteiger partial charge on any atom is -0.502 e. The van der Waals surface area contributed by atoms with Crippen LogP contribution in [-0.2, 0) is 4.79 Å². The molecule has 0 radical (unpaired) electrons. The summed E-state index contributed by atoms with van der Waals surface area (Å²) in [5.41, 5.74) is 1.41. The first-order valence-corrected chi connectivity index (χ1v) is 5.19. The topological polar surface area (TPSA) is 129 Å². The maximum absolute atomic E-state index is 10.9. The van der Waals surface area contributed by atoms with Gasteiger partial charge in [0.05, 0.1) is 17.2 Å². The molecule has 0 unspecified atom stereocenters. The zero-order valence-corrected chi connectivity index (χ0v) is 10.1. The van der Waals surface area contributed by atoms with Crippen LogP contribution in [0.2, 0.25) is 5.02 Å². The normalized spacial score (nSPS) is 10.1. The van der Waals surface area contributed by atoms with Gasteiger partial charge in [0.15, 0.2) is 0 Å². The van der Waals surface area contributed by atoms with Crippen LogP contribution < -0.4 is 5.43 Å². The van der Waals surface area contributed by atoms with Crippen molar-refractivity contribution in [2.75, 3.05) is 0 Å². The third kappa shape index (κ3) is 3.93. The molecule has 1 amide bonds. The number of rotatable bonds is 4. The molecular weight excluding hydrogens is 276 g/mol. The number of nitriles is 1. The summed E-state index contributed by atoms with van der Waals surface area (Å²) in [6, 6.07) is 3.84. The molecule has 8 nitrogen and oxygen atoms in total. The van der Waals surface area contributed by atoms with Gasteiger partial charge in [-0.2, -0.15) is 10.4 Å². The van der Waals surface area contributed by atoms with Crippen LogP contribution in [0.25, 0.3) is 0 Å². The lowest BCUT2D eigenvalue weighted by molar-refractivity contribution is -0.385. The molecule has 1 aromatic rings. The van der Waals surface area contributed by atoms with Crippen molar-refractivity contribution in [1.29, 1.82) is 5.26 Å². The van der Waals surface area contributed by atoms with Gasteiger partial charge in [0.1, 0.15) is 6.42 Å². The van der Waals surface area contributed by atoms with Gasteiger partial charge in [0.2, 0.25) is 5.75 Å². The second-order valence-corrected chi connectivity index (χ2v) is 3.68. The number of amides is 1. The van der Waals surface area contributed by atoms with Crippen molar-refractivity contribution in [3.63, 3.8) is 0 Å². The highest BCUT2D eigenvalue weighted by Crippen LogP contribution is 2.32. The number of carbonyl (C=O) groups excluding carboxylic acids is 1. The van der Waals surface area contributed by atoms with Crippen LogP contribution in [0.1, 0.15) is 12.0 Å². The Morgan fingerprint density at radius 3 is 2.95 bits per heavy atom. The number of benzene rings is 1.